The number of sulfonamides is 1. The number of nitrogens with one attached hydrogen (secondary N) is 1. The van der Waals surface area contributed by atoms with Gasteiger partial charge in [-0.25, -0.2) is 17.9 Å². The normalized spacial score (nSPS) is 17.5. The Bertz CT molecular complexity index is 953. The first-order valence-electron chi connectivity index (χ1n) is 8.04. The number of carbonyl (C=O) groups is 1. The van der Waals surface area contributed by atoms with E-state index in [1.165, 1.54) is 13.0 Å². The van der Waals surface area contributed by atoms with Gasteiger partial charge in [0.25, 0.3) is 10.0 Å². The number of aromatic nitrogens is 4. The number of aryl methyl sites for hydroxylation is 1. The van der Waals surface area contributed by atoms with Gasteiger partial charge in [-0.2, -0.15) is 0 Å². The Kier molecular flexibility index (Phi) is 4.98. The minimum atomic E-state index is -3.65. The molecule has 0 saturated heterocycles. The van der Waals surface area contributed by atoms with Crippen molar-refractivity contribution in [1.82, 2.24) is 24.9 Å². The zero-order valence-corrected chi connectivity index (χ0v) is 15.1. The average molecular weight is 378 g/mol. The van der Waals surface area contributed by atoms with E-state index in [1.54, 1.807) is 22.9 Å². The Morgan fingerprint density at radius 1 is 1.38 bits per heavy atom. The summed E-state index contributed by atoms with van der Waals surface area (Å²) in [6.07, 6.45) is 0.843. The van der Waals surface area contributed by atoms with E-state index in [4.69, 9.17) is 4.74 Å². The second kappa shape index (κ2) is 7.20. The fraction of sp³-hybridized carbons (Fsp3) is 0.400. The standard InChI is InChI=1S/C15H18N6O4S/c1-3-8-21-13(17-19-20-21)9-25-15(22)10(2)16-14-11-6-4-5-7-12(11)26(23,24)18-14/h4-7,10H,3,8-9H2,1-2H3,(H,16,18). The largest absolute Gasteiger partial charge is 0.456 e. The third kappa shape index (κ3) is 3.57. The van der Waals surface area contributed by atoms with Crippen LogP contribution < -0.4 is 4.72 Å². The number of hydrogen-bond acceptors (Lipinski definition) is 8. The number of amidine groups is 1. The zero-order valence-electron chi connectivity index (χ0n) is 14.3. The minimum absolute atomic E-state index is 0.0800. The van der Waals surface area contributed by atoms with Crippen LogP contribution in [0.4, 0.5) is 0 Å². The van der Waals surface area contributed by atoms with Gasteiger partial charge in [0.2, 0.25) is 0 Å². The number of esters is 1. The lowest BCUT2D eigenvalue weighted by molar-refractivity contribution is -0.146. The third-order valence-corrected chi connectivity index (χ3v) is 5.11. The van der Waals surface area contributed by atoms with Gasteiger partial charge in [-0.15, -0.1) is 5.10 Å². The molecule has 2 aromatic rings. The Morgan fingerprint density at radius 2 is 2.15 bits per heavy atom. The van der Waals surface area contributed by atoms with E-state index in [0.717, 1.165) is 6.42 Å². The molecule has 11 heteroatoms. The Labute approximate surface area is 150 Å². The second-order valence-electron chi connectivity index (χ2n) is 5.68. The number of tetrazole rings is 1. The van der Waals surface area contributed by atoms with Gasteiger partial charge >= 0.3 is 5.97 Å². The molecule has 26 heavy (non-hydrogen) atoms. The summed E-state index contributed by atoms with van der Waals surface area (Å²) in [7, 11) is -3.65. The summed E-state index contributed by atoms with van der Waals surface area (Å²) in [6, 6.07) is 5.54. The highest BCUT2D eigenvalue weighted by Crippen LogP contribution is 2.22. The first kappa shape index (κ1) is 18.0. The summed E-state index contributed by atoms with van der Waals surface area (Å²) in [5.41, 5.74) is 0.430. The predicted octanol–water partition coefficient (Wildman–Crippen LogP) is 0.254. The predicted molar refractivity (Wildman–Crippen MR) is 90.7 cm³/mol. The molecular formula is C15H18N6O4S. The summed E-state index contributed by atoms with van der Waals surface area (Å²) in [4.78, 5) is 16.5. The van der Waals surface area contributed by atoms with E-state index in [2.05, 4.69) is 25.2 Å². The molecule has 1 aromatic carbocycles. The van der Waals surface area contributed by atoms with E-state index in [-0.39, 0.29) is 17.3 Å². The average Bonchev–Trinajstić information content (AvgIpc) is 3.16. The molecule has 1 aliphatic rings. The van der Waals surface area contributed by atoms with Crippen LogP contribution in [-0.2, 0) is 32.7 Å². The van der Waals surface area contributed by atoms with Crippen molar-refractivity contribution in [1.29, 1.82) is 0 Å². The van der Waals surface area contributed by atoms with E-state index >= 15 is 0 Å². The number of nitrogens with zero attached hydrogens (tertiary/aromatic N) is 5. The van der Waals surface area contributed by atoms with Crippen molar-refractivity contribution < 1.29 is 17.9 Å². The van der Waals surface area contributed by atoms with Crippen LogP contribution >= 0.6 is 0 Å². The lowest BCUT2D eigenvalue weighted by Crippen LogP contribution is -2.27. The van der Waals surface area contributed by atoms with Crippen molar-refractivity contribution in [2.24, 2.45) is 4.99 Å². The van der Waals surface area contributed by atoms with Gasteiger partial charge in [0.05, 0.1) is 4.90 Å². The molecule has 0 spiro atoms. The molecule has 2 heterocycles. The number of benzene rings is 1. The SMILES string of the molecule is CCCn1nnnc1COC(=O)C(C)N=C1NS(=O)(=O)c2ccccc21. The van der Waals surface area contributed by atoms with Crippen LogP contribution in [-0.4, -0.2) is 46.5 Å². The van der Waals surface area contributed by atoms with Crippen molar-refractivity contribution >= 4 is 21.8 Å². The van der Waals surface area contributed by atoms with Gasteiger partial charge in [-0.05, 0) is 35.9 Å². The maximum atomic E-state index is 12.2. The molecule has 0 saturated carbocycles. The summed E-state index contributed by atoms with van der Waals surface area (Å²) in [6.45, 7) is 4.05. The monoisotopic (exact) mass is 378 g/mol. The molecule has 0 fully saturated rings. The quantitative estimate of drug-likeness (QED) is 0.714. The van der Waals surface area contributed by atoms with Crippen molar-refractivity contribution in [3.63, 3.8) is 0 Å². The number of rotatable bonds is 6. The van der Waals surface area contributed by atoms with E-state index in [1.807, 2.05) is 6.92 Å². The Balaban J connectivity index is 1.70. The first-order chi connectivity index (χ1) is 12.4. The smallest absolute Gasteiger partial charge is 0.331 e. The summed E-state index contributed by atoms with van der Waals surface area (Å²) in [5, 5.41) is 11.2. The molecule has 3 rings (SSSR count). The number of fused-ring (bicyclic) bond motifs is 1. The highest BCUT2D eigenvalue weighted by molar-refractivity contribution is 7.90. The Morgan fingerprint density at radius 3 is 2.92 bits per heavy atom. The van der Waals surface area contributed by atoms with Gasteiger partial charge < -0.3 is 4.74 Å². The molecule has 1 aromatic heterocycles. The van der Waals surface area contributed by atoms with Gasteiger partial charge in [-0.1, -0.05) is 19.1 Å². The van der Waals surface area contributed by atoms with Crippen LogP contribution in [0.3, 0.4) is 0 Å². The van der Waals surface area contributed by atoms with Crippen LogP contribution in [0.2, 0.25) is 0 Å². The number of ether oxygens (including phenoxy) is 1. The van der Waals surface area contributed by atoms with E-state index in [0.29, 0.717) is 17.9 Å². The lowest BCUT2D eigenvalue weighted by Gasteiger charge is -2.09. The van der Waals surface area contributed by atoms with Crippen LogP contribution in [0.5, 0.6) is 0 Å². The van der Waals surface area contributed by atoms with Crippen molar-refractivity contribution in [2.45, 2.75) is 44.4 Å². The lowest BCUT2D eigenvalue weighted by atomic mass is 10.2. The summed E-state index contributed by atoms with van der Waals surface area (Å²) >= 11 is 0. The second-order valence-corrected chi connectivity index (χ2v) is 7.33. The molecule has 0 radical (unpaired) electrons. The van der Waals surface area contributed by atoms with E-state index < -0.39 is 22.0 Å². The highest BCUT2D eigenvalue weighted by Gasteiger charge is 2.31. The highest BCUT2D eigenvalue weighted by atomic mass is 32.2. The molecule has 0 aliphatic carbocycles. The van der Waals surface area contributed by atoms with Crippen LogP contribution in [0.25, 0.3) is 0 Å². The third-order valence-electron chi connectivity index (χ3n) is 3.71. The fourth-order valence-electron chi connectivity index (χ4n) is 2.44. The first-order valence-corrected chi connectivity index (χ1v) is 9.52. The molecule has 1 N–H and O–H groups in total. The van der Waals surface area contributed by atoms with Crippen LogP contribution in [0.1, 0.15) is 31.7 Å². The fourth-order valence-corrected chi connectivity index (χ4v) is 3.68. The number of hydrogen-bond donors (Lipinski definition) is 1. The molecule has 1 atom stereocenters. The van der Waals surface area contributed by atoms with Gasteiger partial charge in [0.1, 0.15) is 11.9 Å². The molecule has 0 bridgehead atoms. The van der Waals surface area contributed by atoms with E-state index in [9.17, 15) is 13.2 Å². The van der Waals surface area contributed by atoms with Gasteiger partial charge in [-0.3, -0.25) is 9.71 Å². The molecule has 138 valence electrons. The van der Waals surface area contributed by atoms with Crippen molar-refractivity contribution in [2.75, 3.05) is 0 Å². The van der Waals surface area contributed by atoms with Crippen LogP contribution in [0, 0.1) is 0 Å². The Hall–Kier alpha value is -2.82. The van der Waals surface area contributed by atoms with Crippen LogP contribution in [0.15, 0.2) is 34.2 Å². The topological polar surface area (TPSA) is 128 Å². The summed E-state index contributed by atoms with van der Waals surface area (Å²) < 4.78 is 33.2. The zero-order chi connectivity index (χ0) is 18.7. The van der Waals surface area contributed by atoms with Crippen molar-refractivity contribution in [3.05, 3.63) is 35.7 Å². The maximum Gasteiger partial charge on any atom is 0.331 e. The molecule has 10 nitrogen and oxygen atoms in total. The van der Waals surface area contributed by atoms with Gasteiger partial charge in [0, 0.05) is 12.1 Å². The molecule has 1 aliphatic heterocycles. The number of aliphatic imine (C=N–C) groups is 1. The molecule has 1 unspecified atom stereocenters. The number of carbonyl (C=O) groups excluding carboxylic acids is 1. The maximum absolute atomic E-state index is 12.2. The summed E-state index contributed by atoms with van der Waals surface area (Å²) in [5.74, 6) is -0.0417. The molecular weight excluding hydrogens is 360 g/mol. The minimum Gasteiger partial charge on any atom is -0.456 e. The van der Waals surface area contributed by atoms with Crippen molar-refractivity contribution in [3.8, 4) is 0 Å². The molecule has 0 amide bonds. The van der Waals surface area contributed by atoms with Gasteiger partial charge in [0.15, 0.2) is 12.4 Å².